The highest BCUT2D eigenvalue weighted by Crippen LogP contribution is 2.61. The van der Waals surface area contributed by atoms with Gasteiger partial charge in [-0.25, -0.2) is 4.79 Å². The first-order chi connectivity index (χ1) is 8.38. The van der Waals surface area contributed by atoms with Gasteiger partial charge < -0.3 is 14.9 Å². The van der Waals surface area contributed by atoms with E-state index < -0.39 is 28.6 Å². The van der Waals surface area contributed by atoms with Crippen molar-refractivity contribution >= 4 is 11.9 Å². The monoisotopic (exact) mass is 256 g/mol. The molecule has 2 bridgehead atoms. The number of rotatable bonds is 4. The highest BCUT2D eigenvalue weighted by atomic mass is 16.6. The van der Waals surface area contributed by atoms with E-state index >= 15 is 0 Å². The lowest BCUT2D eigenvalue weighted by molar-refractivity contribution is -0.181. The van der Waals surface area contributed by atoms with Crippen LogP contribution >= 0.6 is 0 Å². The second kappa shape index (κ2) is 3.95. The lowest BCUT2D eigenvalue weighted by atomic mass is 9.61. The number of fused-ring (bicyclic) bond motifs is 2. The van der Waals surface area contributed by atoms with Crippen LogP contribution < -0.4 is 0 Å². The Balaban J connectivity index is 2.55. The molecule has 2 rings (SSSR count). The Morgan fingerprint density at radius 3 is 2.17 bits per heavy atom. The van der Waals surface area contributed by atoms with Crippen LogP contribution in [0.3, 0.4) is 0 Å². The number of aliphatic carboxylic acids is 2. The summed E-state index contributed by atoms with van der Waals surface area (Å²) in [5, 5.41) is 19.1. The molecule has 0 radical (unpaired) electrons. The van der Waals surface area contributed by atoms with Gasteiger partial charge in [0.05, 0.1) is 5.60 Å². The van der Waals surface area contributed by atoms with Gasteiger partial charge in [-0.2, -0.15) is 0 Å². The van der Waals surface area contributed by atoms with Crippen LogP contribution in [0.5, 0.6) is 0 Å². The van der Waals surface area contributed by atoms with Gasteiger partial charge in [0.2, 0.25) is 0 Å². The number of carboxylic acids is 2. The highest BCUT2D eigenvalue weighted by Gasteiger charge is 2.71. The second-order valence-corrected chi connectivity index (χ2v) is 5.52. The van der Waals surface area contributed by atoms with Crippen molar-refractivity contribution in [3.63, 3.8) is 0 Å². The van der Waals surface area contributed by atoms with Crippen LogP contribution in [0.4, 0.5) is 0 Å². The zero-order valence-electron chi connectivity index (χ0n) is 10.9. The van der Waals surface area contributed by atoms with Crippen LogP contribution in [0.1, 0.15) is 52.4 Å². The zero-order chi connectivity index (χ0) is 13.6. The van der Waals surface area contributed by atoms with E-state index in [2.05, 4.69) is 0 Å². The number of ether oxygens (including phenoxy) is 1. The molecule has 0 unspecified atom stereocenters. The minimum Gasteiger partial charge on any atom is -0.481 e. The standard InChI is InChI=1S/C13H20O5/c1-3-13(4-2)11(9(14)15)6-5-7-12(8-11,18-13)10(16)17/h3-8H2,1-2H3,(H,14,15)(H,16,17)/t11-,12+/m1/s1. The number of hydrogen-bond donors (Lipinski definition) is 2. The van der Waals surface area contributed by atoms with Crippen molar-refractivity contribution in [1.29, 1.82) is 0 Å². The third-order valence-electron chi connectivity index (χ3n) is 4.98. The van der Waals surface area contributed by atoms with Gasteiger partial charge in [-0.05, 0) is 32.1 Å². The van der Waals surface area contributed by atoms with Crippen LogP contribution in [0.2, 0.25) is 0 Å². The Hall–Kier alpha value is -1.10. The first-order valence-corrected chi connectivity index (χ1v) is 6.55. The van der Waals surface area contributed by atoms with Gasteiger partial charge in [-0.1, -0.05) is 13.8 Å². The summed E-state index contributed by atoms with van der Waals surface area (Å²) in [6.07, 6.45) is 2.69. The van der Waals surface area contributed by atoms with E-state index in [0.717, 1.165) is 0 Å². The Morgan fingerprint density at radius 2 is 1.72 bits per heavy atom. The molecule has 1 aliphatic heterocycles. The SMILES string of the molecule is CCC1(CC)O[C@@]2(C(=O)O)CCC[C@]1(C(=O)O)C2. The maximum atomic E-state index is 11.8. The van der Waals surface area contributed by atoms with Gasteiger partial charge in [0.15, 0.2) is 5.60 Å². The van der Waals surface area contributed by atoms with Gasteiger partial charge in [-0.3, -0.25) is 4.79 Å². The average Bonchev–Trinajstić information content (AvgIpc) is 2.56. The molecule has 0 aromatic heterocycles. The van der Waals surface area contributed by atoms with Gasteiger partial charge in [0.25, 0.3) is 0 Å². The summed E-state index contributed by atoms with van der Waals surface area (Å²) in [5.74, 6) is -1.93. The molecular formula is C13H20O5. The topological polar surface area (TPSA) is 83.8 Å². The fourth-order valence-corrected chi connectivity index (χ4v) is 3.96. The maximum Gasteiger partial charge on any atom is 0.336 e. The van der Waals surface area contributed by atoms with Crippen molar-refractivity contribution in [2.45, 2.75) is 63.6 Å². The van der Waals surface area contributed by atoms with Crippen molar-refractivity contribution < 1.29 is 24.5 Å². The molecule has 0 aromatic rings. The van der Waals surface area contributed by atoms with E-state index in [0.29, 0.717) is 32.1 Å². The first kappa shape index (κ1) is 13.3. The second-order valence-electron chi connectivity index (χ2n) is 5.52. The number of carbonyl (C=O) groups is 2. The minimum absolute atomic E-state index is 0.104. The predicted octanol–water partition coefficient (Wildman–Crippen LogP) is 2.04. The molecule has 2 aliphatic rings. The van der Waals surface area contributed by atoms with E-state index in [9.17, 15) is 19.8 Å². The van der Waals surface area contributed by atoms with E-state index in [-0.39, 0.29) is 6.42 Å². The average molecular weight is 256 g/mol. The zero-order valence-corrected chi connectivity index (χ0v) is 10.9. The third-order valence-corrected chi connectivity index (χ3v) is 4.98. The number of carboxylic acid groups (broad SMARTS) is 2. The molecule has 0 aromatic carbocycles. The Bertz CT molecular complexity index is 387. The molecule has 2 atom stereocenters. The molecule has 1 saturated carbocycles. The number of hydrogen-bond acceptors (Lipinski definition) is 3. The van der Waals surface area contributed by atoms with Crippen molar-refractivity contribution in [3.8, 4) is 0 Å². The summed E-state index contributed by atoms with van der Waals surface area (Å²) in [6, 6.07) is 0. The molecule has 5 nitrogen and oxygen atoms in total. The van der Waals surface area contributed by atoms with E-state index in [4.69, 9.17) is 4.74 Å². The molecule has 18 heavy (non-hydrogen) atoms. The first-order valence-electron chi connectivity index (χ1n) is 6.55. The molecular weight excluding hydrogens is 236 g/mol. The van der Waals surface area contributed by atoms with Crippen LogP contribution in [0.25, 0.3) is 0 Å². The summed E-state index contributed by atoms with van der Waals surface area (Å²) in [7, 11) is 0. The van der Waals surface area contributed by atoms with Gasteiger partial charge in [0.1, 0.15) is 5.41 Å². The van der Waals surface area contributed by atoms with E-state index in [1.807, 2.05) is 13.8 Å². The third kappa shape index (κ3) is 1.37. The molecule has 1 heterocycles. The molecule has 102 valence electrons. The van der Waals surface area contributed by atoms with Gasteiger partial charge in [0, 0.05) is 6.42 Å². The molecule has 0 amide bonds. The van der Waals surface area contributed by atoms with Crippen molar-refractivity contribution in [2.75, 3.05) is 0 Å². The fraction of sp³-hybridized carbons (Fsp3) is 0.846. The van der Waals surface area contributed by atoms with Crippen LogP contribution in [-0.4, -0.2) is 33.4 Å². The molecule has 1 aliphatic carbocycles. The van der Waals surface area contributed by atoms with Crippen molar-refractivity contribution in [1.82, 2.24) is 0 Å². The quantitative estimate of drug-likeness (QED) is 0.804. The summed E-state index contributed by atoms with van der Waals surface area (Å²) >= 11 is 0. The van der Waals surface area contributed by atoms with Crippen molar-refractivity contribution in [2.24, 2.45) is 5.41 Å². The lowest BCUT2D eigenvalue weighted by Gasteiger charge is -2.40. The smallest absolute Gasteiger partial charge is 0.336 e. The van der Waals surface area contributed by atoms with Crippen LogP contribution in [0.15, 0.2) is 0 Å². The fourth-order valence-electron chi connectivity index (χ4n) is 3.96. The maximum absolute atomic E-state index is 11.8. The Labute approximate surface area is 106 Å². The Kier molecular flexibility index (Phi) is 2.93. The minimum atomic E-state index is -1.29. The lowest BCUT2D eigenvalue weighted by Crippen LogP contribution is -2.49. The highest BCUT2D eigenvalue weighted by molar-refractivity contribution is 5.84. The van der Waals surface area contributed by atoms with Crippen LogP contribution in [-0.2, 0) is 14.3 Å². The van der Waals surface area contributed by atoms with Crippen LogP contribution in [0, 0.1) is 5.41 Å². The van der Waals surface area contributed by atoms with Gasteiger partial charge >= 0.3 is 11.9 Å². The molecule has 5 heteroatoms. The van der Waals surface area contributed by atoms with E-state index in [1.54, 1.807) is 0 Å². The summed E-state index contributed by atoms with van der Waals surface area (Å²) in [6.45, 7) is 3.76. The van der Waals surface area contributed by atoms with Crippen molar-refractivity contribution in [3.05, 3.63) is 0 Å². The van der Waals surface area contributed by atoms with Gasteiger partial charge in [-0.15, -0.1) is 0 Å². The molecule has 0 spiro atoms. The normalized spacial score (nSPS) is 37.4. The Morgan fingerprint density at radius 1 is 1.11 bits per heavy atom. The largest absolute Gasteiger partial charge is 0.481 e. The predicted molar refractivity (Wildman–Crippen MR) is 63.3 cm³/mol. The summed E-state index contributed by atoms with van der Waals surface area (Å²) in [5.41, 5.74) is -3.16. The van der Waals surface area contributed by atoms with E-state index in [1.165, 1.54) is 0 Å². The molecule has 2 N–H and O–H groups in total. The summed E-state index contributed by atoms with van der Waals surface area (Å²) < 4.78 is 5.90. The molecule has 2 fully saturated rings. The summed E-state index contributed by atoms with van der Waals surface area (Å²) in [4.78, 5) is 23.3. The molecule has 1 saturated heterocycles.